The van der Waals surface area contributed by atoms with E-state index in [0.29, 0.717) is 0 Å². The van der Waals surface area contributed by atoms with E-state index in [1.165, 1.54) is 5.39 Å². The van der Waals surface area contributed by atoms with Crippen LogP contribution in [0.2, 0.25) is 0 Å². The zero-order valence-electron chi connectivity index (χ0n) is 15.9. The fourth-order valence-electron chi connectivity index (χ4n) is 3.09. The normalized spacial score (nSPS) is 15.3. The molecule has 1 unspecified atom stereocenters. The summed E-state index contributed by atoms with van der Waals surface area (Å²) in [6, 6.07) is 7.99. The van der Waals surface area contributed by atoms with Crippen molar-refractivity contribution in [3.63, 3.8) is 0 Å². The Bertz CT molecular complexity index is 709. The summed E-state index contributed by atoms with van der Waals surface area (Å²) in [5.41, 5.74) is 1.92. The molecule has 4 nitrogen and oxygen atoms in total. The molecule has 0 saturated heterocycles. The van der Waals surface area contributed by atoms with Crippen LogP contribution in [0, 0.1) is 5.41 Å². The van der Waals surface area contributed by atoms with E-state index in [4.69, 9.17) is 0 Å². The van der Waals surface area contributed by atoms with Gasteiger partial charge < -0.3 is 15.6 Å². The van der Waals surface area contributed by atoms with Crippen LogP contribution in [0.1, 0.15) is 47.1 Å². The average molecular weight is 329 g/mol. The van der Waals surface area contributed by atoms with Gasteiger partial charge in [0.1, 0.15) is 0 Å². The van der Waals surface area contributed by atoms with Crippen LogP contribution in [0.25, 0.3) is 10.9 Å². The first-order valence-corrected chi connectivity index (χ1v) is 8.63. The van der Waals surface area contributed by atoms with Crippen molar-refractivity contribution >= 4 is 16.8 Å². The van der Waals surface area contributed by atoms with E-state index in [9.17, 15) is 4.79 Å². The SMILES string of the molecule is CN[C@H](C(=O)NC(C)C(C)(C)C)C(C)(C)c1c[nH]c2ccccc12. The topological polar surface area (TPSA) is 56.9 Å². The molecule has 0 aliphatic heterocycles. The summed E-state index contributed by atoms with van der Waals surface area (Å²) in [5.74, 6) is 0.0372. The number of carbonyl (C=O) groups is 1. The van der Waals surface area contributed by atoms with Gasteiger partial charge in [0.2, 0.25) is 5.91 Å². The van der Waals surface area contributed by atoms with E-state index in [-0.39, 0.29) is 28.8 Å². The van der Waals surface area contributed by atoms with Crippen LogP contribution in [0.15, 0.2) is 30.5 Å². The number of nitrogens with one attached hydrogen (secondary N) is 3. The summed E-state index contributed by atoms with van der Waals surface area (Å²) >= 11 is 0. The van der Waals surface area contributed by atoms with Crippen LogP contribution in [0.5, 0.6) is 0 Å². The van der Waals surface area contributed by atoms with Gasteiger partial charge in [-0.05, 0) is 31.0 Å². The number of fused-ring (bicyclic) bond motifs is 1. The summed E-state index contributed by atoms with van der Waals surface area (Å²) in [6.45, 7) is 12.7. The molecule has 2 aromatic rings. The first-order chi connectivity index (χ1) is 11.1. The molecule has 0 aliphatic rings. The molecule has 4 heteroatoms. The molecule has 24 heavy (non-hydrogen) atoms. The lowest BCUT2D eigenvalue weighted by molar-refractivity contribution is -0.125. The molecular formula is C20H31N3O. The number of hydrogen-bond acceptors (Lipinski definition) is 2. The molecule has 0 saturated carbocycles. The zero-order chi connectivity index (χ0) is 18.1. The number of rotatable bonds is 5. The number of amides is 1. The molecule has 1 aromatic heterocycles. The molecule has 1 aromatic carbocycles. The number of benzene rings is 1. The minimum absolute atomic E-state index is 0.0267. The highest BCUT2D eigenvalue weighted by atomic mass is 16.2. The van der Waals surface area contributed by atoms with Gasteiger partial charge in [-0.2, -0.15) is 0 Å². The molecule has 0 aliphatic carbocycles. The maximum absolute atomic E-state index is 12.9. The largest absolute Gasteiger partial charge is 0.361 e. The van der Waals surface area contributed by atoms with Crippen molar-refractivity contribution in [1.29, 1.82) is 0 Å². The van der Waals surface area contributed by atoms with Crippen LogP contribution >= 0.6 is 0 Å². The second kappa shape index (κ2) is 6.60. The number of aromatic nitrogens is 1. The third-order valence-electron chi connectivity index (χ3n) is 5.21. The maximum atomic E-state index is 12.9. The highest BCUT2D eigenvalue weighted by molar-refractivity contribution is 5.88. The Balaban J connectivity index is 2.33. The predicted molar refractivity (Wildman–Crippen MR) is 101 cm³/mol. The number of para-hydroxylation sites is 1. The molecule has 0 bridgehead atoms. The van der Waals surface area contributed by atoms with Gasteiger partial charge >= 0.3 is 0 Å². The third kappa shape index (κ3) is 3.48. The molecular weight excluding hydrogens is 298 g/mol. The van der Waals surface area contributed by atoms with Gasteiger partial charge in [0.15, 0.2) is 0 Å². The van der Waals surface area contributed by atoms with E-state index < -0.39 is 0 Å². The standard InChI is InChI=1S/C20H31N3O/c1-13(19(2,3)4)23-18(24)17(21-7)20(5,6)15-12-22-16-11-9-8-10-14(15)16/h8-13,17,21-22H,1-7H3,(H,23,24)/t13?,17-/m1/s1. The summed E-state index contributed by atoms with van der Waals surface area (Å²) in [7, 11) is 1.85. The van der Waals surface area contributed by atoms with Gasteiger partial charge in [-0.1, -0.05) is 52.8 Å². The van der Waals surface area contributed by atoms with Crippen LogP contribution in [-0.4, -0.2) is 30.0 Å². The minimum Gasteiger partial charge on any atom is -0.361 e. The van der Waals surface area contributed by atoms with Crippen molar-refractivity contribution in [2.24, 2.45) is 5.41 Å². The van der Waals surface area contributed by atoms with Crippen LogP contribution in [-0.2, 0) is 10.2 Å². The fourth-order valence-corrected chi connectivity index (χ4v) is 3.09. The van der Waals surface area contributed by atoms with Crippen LogP contribution < -0.4 is 10.6 Å². The quantitative estimate of drug-likeness (QED) is 0.785. The molecule has 0 spiro atoms. The highest BCUT2D eigenvalue weighted by Gasteiger charge is 2.38. The zero-order valence-corrected chi connectivity index (χ0v) is 15.9. The van der Waals surface area contributed by atoms with Crippen molar-refractivity contribution in [1.82, 2.24) is 15.6 Å². The van der Waals surface area contributed by atoms with E-state index in [1.807, 2.05) is 25.4 Å². The van der Waals surface area contributed by atoms with Crippen molar-refractivity contribution < 1.29 is 4.79 Å². The Kier molecular flexibility index (Phi) is 5.09. The minimum atomic E-state index is -0.351. The second-order valence-corrected chi connectivity index (χ2v) is 8.29. The van der Waals surface area contributed by atoms with Crippen LogP contribution in [0.4, 0.5) is 0 Å². The van der Waals surface area contributed by atoms with Crippen LogP contribution in [0.3, 0.4) is 0 Å². The number of likely N-dealkylation sites (N-methyl/N-ethyl adjacent to an activating group) is 1. The first-order valence-electron chi connectivity index (χ1n) is 8.63. The van der Waals surface area contributed by atoms with E-state index in [0.717, 1.165) is 11.1 Å². The lowest BCUT2D eigenvalue weighted by Gasteiger charge is -2.36. The summed E-state index contributed by atoms with van der Waals surface area (Å²) < 4.78 is 0. The molecule has 3 N–H and O–H groups in total. The first kappa shape index (κ1) is 18.5. The Morgan fingerprint density at radius 3 is 2.33 bits per heavy atom. The predicted octanol–water partition coefficient (Wildman–Crippen LogP) is 3.58. The number of hydrogen-bond donors (Lipinski definition) is 3. The lowest BCUT2D eigenvalue weighted by Crippen LogP contribution is -2.56. The Hall–Kier alpha value is -1.81. The van der Waals surface area contributed by atoms with Gasteiger partial charge in [0, 0.05) is 28.6 Å². The smallest absolute Gasteiger partial charge is 0.238 e. The monoisotopic (exact) mass is 329 g/mol. The van der Waals surface area contributed by atoms with E-state index in [2.05, 4.69) is 69.3 Å². The maximum Gasteiger partial charge on any atom is 0.238 e. The van der Waals surface area contributed by atoms with E-state index >= 15 is 0 Å². The molecule has 2 atom stereocenters. The highest BCUT2D eigenvalue weighted by Crippen LogP contribution is 2.33. The van der Waals surface area contributed by atoms with Crippen molar-refractivity contribution in [3.05, 3.63) is 36.0 Å². The van der Waals surface area contributed by atoms with Crippen molar-refractivity contribution in [2.45, 2.75) is 59.0 Å². The summed E-state index contributed by atoms with van der Waals surface area (Å²) in [6.07, 6.45) is 2.02. The second-order valence-electron chi connectivity index (χ2n) is 8.29. The lowest BCUT2D eigenvalue weighted by atomic mass is 9.76. The summed E-state index contributed by atoms with van der Waals surface area (Å²) in [4.78, 5) is 16.2. The van der Waals surface area contributed by atoms with Gasteiger partial charge in [0.25, 0.3) is 0 Å². The molecule has 1 amide bonds. The molecule has 0 fully saturated rings. The van der Waals surface area contributed by atoms with Gasteiger partial charge in [-0.15, -0.1) is 0 Å². The average Bonchev–Trinajstić information content (AvgIpc) is 2.91. The Labute approximate surface area is 145 Å². The number of carbonyl (C=O) groups excluding carboxylic acids is 1. The fraction of sp³-hybridized carbons (Fsp3) is 0.550. The Morgan fingerprint density at radius 2 is 1.75 bits per heavy atom. The molecule has 0 radical (unpaired) electrons. The van der Waals surface area contributed by atoms with Crippen molar-refractivity contribution in [3.8, 4) is 0 Å². The number of aromatic amines is 1. The van der Waals surface area contributed by atoms with Gasteiger partial charge in [-0.25, -0.2) is 0 Å². The summed E-state index contributed by atoms with van der Waals surface area (Å²) in [5, 5.41) is 7.57. The van der Waals surface area contributed by atoms with Gasteiger partial charge in [-0.3, -0.25) is 4.79 Å². The third-order valence-corrected chi connectivity index (χ3v) is 5.21. The van der Waals surface area contributed by atoms with E-state index in [1.54, 1.807) is 0 Å². The molecule has 1 heterocycles. The molecule has 132 valence electrons. The van der Waals surface area contributed by atoms with Gasteiger partial charge in [0.05, 0.1) is 6.04 Å². The number of H-pyrrole nitrogens is 1. The van der Waals surface area contributed by atoms with Crippen molar-refractivity contribution in [2.75, 3.05) is 7.05 Å². The molecule has 2 rings (SSSR count). The Morgan fingerprint density at radius 1 is 1.12 bits per heavy atom.